The van der Waals surface area contributed by atoms with E-state index in [1.54, 1.807) is 13.3 Å². The summed E-state index contributed by atoms with van der Waals surface area (Å²) in [5.74, 6) is 0.00939. The zero-order valence-corrected chi connectivity index (χ0v) is 11.6. The molecule has 4 nitrogen and oxygen atoms in total. The number of methoxy groups -OCH3 is 1. The van der Waals surface area contributed by atoms with E-state index < -0.39 is 5.97 Å². The minimum absolute atomic E-state index is 0.0160. The van der Waals surface area contributed by atoms with Gasteiger partial charge in [-0.2, -0.15) is 0 Å². The van der Waals surface area contributed by atoms with Crippen LogP contribution in [-0.2, 0) is 4.79 Å². The average molecular weight is 277 g/mol. The predicted octanol–water partition coefficient (Wildman–Crippen LogP) is 3.20. The van der Waals surface area contributed by atoms with Gasteiger partial charge in [0.1, 0.15) is 10.8 Å². The summed E-state index contributed by atoms with van der Waals surface area (Å²) in [6.45, 7) is 1.89. The van der Waals surface area contributed by atoms with Gasteiger partial charge < -0.3 is 9.84 Å². The molecule has 0 aliphatic rings. The maximum atomic E-state index is 10.7. The largest absolute Gasteiger partial charge is 0.497 e. The molecular formula is C14H15NO3S. The van der Waals surface area contributed by atoms with Crippen LogP contribution in [-0.4, -0.2) is 28.4 Å². The minimum Gasteiger partial charge on any atom is -0.497 e. The molecule has 0 bridgehead atoms. The zero-order valence-electron chi connectivity index (χ0n) is 10.8. The Hall–Kier alpha value is -1.75. The molecule has 2 rings (SSSR count). The van der Waals surface area contributed by atoms with Crippen LogP contribution in [0.25, 0.3) is 10.8 Å². The fraction of sp³-hybridized carbons (Fsp3) is 0.286. The number of nitrogens with zero attached hydrogens (tertiary/aromatic N) is 1. The van der Waals surface area contributed by atoms with Crippen molar-refractivity contribution in [3.05, 3.63) is 30.5 Å². The van der Waals surface area contributed by atoms with Gasteiger partial charge in [-0.25, -0.2) is 4.98 Å². The Bertz CT molecular complexity index is 600. The topological polar surface area (TPSA) is 59.4 Å². The number of thioether (sulfide) groups is 1. The molecular weight excluding hydrogens is 262 g/mol. The summed E-state index contributed by atoms with van der Waals surface area (Å²) in [5.41, 5.74) is 0. The van der Waals surface area contributed by atoms with Crippen LogP contribution < -0.4 is 4.74 Å². The van der Waals surface area contributed by atoms with Crippen molar-refractivity contribution in [3.8, 4) is 5.75 Å². The molecule has 1 aromatic carbocycles. The lowest BCUT2D eigenvalue weighted by Crippen LogP contribution is -2.05. The Morgan fingerprint density at radius 2 is 2.26 bits per heavy atom. The smallest absolute Gasteiger partial charge is 0.304 e. The highest BCUT2D eigenvalue weighted by molar-refractivity contribution is 8.00. The number of ether oxygens (including phenoxy) is 1. The van der Waals surface area contributed by atoms with Gasteiger partial charge >= 0.3 is 5.97 Å². The van der Waals surface area contributed by atoms with Crippen molar-refractivity contribution in [2.45, 2.75) is 23.6 Å². The third kappa shape index (κ3) is 3.38. The zero-order chi connectivity index (χ0) is 13.8. The lowest BCUT2D eigenvalue weighted by molar-refractivity contribution is -0.136. The molecule has 1 heterocycles. The van der Waals surface area contributed by atoms with Crippen molar-refractivity contribution in [1.82, 2.24) is 4.98 Å². The molecule has 100 valence electrons. The van der Waals surface area contributed by atoms with Crippen LogP contribution in [0, 0.1) is 0 Å². The highest BCUT2D eigenvalue weighted by Gasteiger charge is 2.12. The van der Waals surface area contributed by atoms with Gasteiger partial charge in [-0.15, -0.1) is 11.8 Å². The molecule has 19 heavy (non-hydrogen) atoms. The van der Waals surface area contributed by atoms with Crippen molar-refractivity contribution in [2.24, 2.45) is 0 Å². The molecule has 0 amide bonds. The van der Waals surface area contributed by atoms with Crippen molar-refractivity contribution in [3.63, 3.8) is 0 Å². The van der Waals surface area contributed by atoms with Gasteiger partial charge in [0.25, 0.3) is 0 Å². The summed E-state index contributed by atoms with van der Waals surface area (Å²) in [6, 6.07) is 7.71. The first-order valence-electron chi connectivity index (χ1n) is 5.91. The second kappa shape index (κ2) is 5.93. The molecule has 0 aliphatic carbocycles. The summed E-state index contributed by atoms with van der Waals surface area (Å²) in [7, 11) is 1.63. The Labute approximate surface area is 115 Å². The van der Waals surface area contributed by atoms with E-state index in [0.717, 1.165) is 21.5 Å². The Morgan fingerprint density at radius 1 is 1.47 bits per heavy atom. The number of carboxylic acid groups (broad SMARTS) is 1. The van der Waals surface area contributed by atoms with Crippen LogP contribution in [0.4, 0.5) is 0 Å². The number of carbonyl (C=O) groups is 1. The van der Waals surface area contributed by atoms with Gasteiger partial charge in [0.05, 0.1) is 13.5 Å². The molecule has 5 heteroatoms. The number of aliphatic carboxylic acids is 1. The first-order valence-corrected chi connectivity index (χ1v) is 6.79. The molecule has 1 atom stereocenters. The van der Waals surface area contributed by atoms with Crippen LogP contribution in [0.15, 0.2) is 35.5 Å². The highest BCUT2D eigenvalue weighted by Crippen LogP contribution is 2.31. The third-order valence-electron chi connectivity index (χ3n) is 2.71. The summed E-state index contributed by atoms with van der Waals surface area (Å²) < 4.78 is 5.19. The maximum absolute atomic E-state index is 10.7. The van der Waals surface area contributed by atoms with Gasteiger partial charge in [-0.1, -0.05) is 6.92 Å². The first-order chi connectivity index (χ1) is 9.10. The Morgan fingerprint density at radius 3 is 2.95 bits per heavy atom. The van der Waals surface area contributed by atoms with Gasteiger partial charge in [-0.3, -0.25) is 4.79 Å². The number of hydrogen-bond donors (Lipinski definition) is 1. The molecule has 0 saturated carbocycles. The summed E-state index contributed by atoms with van der Waals surface area (Å²) in [6.07, 6.45) is 1.86. The van der Waals surface area contributed by atoms with Crippen molar-refractivity contribution in [2.75, 3.05) is 7.11 Å². The highest BCUT2D eigenvalue weighted by atomic mass is 32.2. The van der Waals surface area contributed by atoms with E-state index in [-0.39, 0.29) is 11.7 Å². The fourth-order valence-electron chi connectivity index (χ4n) is 1.83. The maximum Gasteiger partial charge on any atom is 0.304 e. The van der Waals surface area contributed by atoms with E-state index in [9.17, 15) is 4.79 Å². The molecule has 1 aromatic heterocycles. The van der Waals surface area contributed by atoms with Crippen LogP contribution in [0.3, 0.4) is 0 Å². The number of aromatic nitrogens is 1. The van der Waals surface area contributed by atoms with E-state index >= 15 is 0 Å². The van der Waals surface area contributed by atoms with Crippen molar-refractivity contribution >= 4 is 28.5 Å². The quantitative estimate of drug-likeness (QED) is 0.850. The lowest BCUT2D eigenvalue weighted by Gasteiger charge is -2.10. The third-order valence-corrected chi connectivity index (χ3v) is 3.83. The Balaban J connectivity index is 2.30. The van der Waals surface area contributed by atoms with Crippen LogP contribution in [0.2, 0.25) is 0 Å². The van der Waals surface area contributed by atoms with E-state index in [1.165, 1.54) is 11.8 Å². The SMILES string of the molecule is COc1ccc2c(SC(C)CC(=O)O)nccc2c1. The van der Waals surface area contributed by atoms with Crippen molar-refractivity contribution < 1.29 is 14.6 Å². The number of benzene rings is 1. The second-order valence-electron chi connectivity index (χ2n) is 4.23. The van der Waals surface area contributed by atoms with Gasteiger partial charge in [0.2, 0.25) is 0 Å². The summed E-state index contributed by atoms with van der Waals surface area (Å²) >= 11 is 1.48. The second-order valence-corrected chi connectivity index (χ2v) is 5.66. The molecule has 0 radical (unpaired) electrons. The molecule has 1 unspecified atom stereocenters. The number of carboxylic acids is 1. The minimum atomic E-state index is -0.790. The standard InChI is InChI=1S/C14H15NO3S/c1-9(7-13(16)17)19-14-12-4-3-11(18-2)8-10(12)5-6-15-14/h3-6,8-9H,7H2,1-2H3,(H,16,17). The van der Waals surface area contributed by atoms with Crippen LogP contribution in [0.1, 0.15) is 13.3 Å². The van der Waals surface area contributed by atoms with Gasteiger partial charge in [0, 0.05) is 16.8 Å². The summed E-state index contributed by atoms with van der Waals surface area (Å²) in [5, 5.41) is 11.7. The molecule has 1 N–H and O–H groups in total. The van der Waals surface area contributed by atoms with E-state index in [0.29, 0.717) is 0 Å². The fourth-order valence-corrected chi connectivity index (χ4v) is 2.87. The normalized spacial score (nSPS) is 12.3. The van der Waals surface area contributed by atoms with E-state index in [4.69, 9.17) is 9.84 Å². The molecule has 0 saturated heterocycles. The number of hydrogen-bond acceptors (Lipinski definition) is 4. The van der Waals surface area contributed by atoms with Crippen LogP contribution >= 0.6 is 11.8 Å². The molecule has 0 aliphatic heterocycles. The predicted molar refractivity (Wildman–Crippen MR) is 75.9 cm³/mol. The van der Waals surface area contributed by atoms with Gasteiger partial charge in [-0.05, 0) is 29.7 Å². The van der Waals surface area contributed by atoms with Crippen molar-refractivity contribution in [1.29, 1.82) is 0 Å². The monoisotopic (exact) mass is 277 g/mol. The lowest BCUT2D eigenvalue weighted by atomic mass is 10.2. The summed E-state index contributed by atoms with van der Waals surface area (Å²) in [4.78, 5) is 15.0. The number of pyridine rings is 1. The number of rotatable bonds is 5. The number of fused-ring (bicyclic) bond motifs is 1. The molecule has 0 spiro atoms. The van der Waals surface area contributed by atoms with Gasteiger partial charge in [0.15, 0.2) is 0 Å². The van der Waals surface area contributed by atoms with E-state index in [1.807, 2.05) is 31.2 Å². The average Bonchev–Trinajstić information content (AvgIpc) is 2.37. The Kier molecular flexibility index (Phi) is 4.27. The molecule has 0 fully saturated rings. The first kappa shape index (κ1) is 13.7. The molecule has 2 aromatic rings. The van der Waals surface area contributed by atoms with Crippen LogP contribution in [0.5, 0.6) is 5.75 Å². The van der Waals surface area contributed by atoms with E-state index in [2.05, 4.69) is 4.98 Å².